The van der Waals surface area contributed by atoms with Crippen molar-refractivity contribution in [2.75, 3.05) is 39.3 Å². The molecule has 0 N–H and O–H groups in total. The van der Waals surface area contributed by atoms with Crippen LogP contribution in [0.3, 0.4) is 0 Å². The minimum atomic E-state index is -4.46. The first-order valence-electron chi connectivity index (χ1n) is 8.98. The van der Waals surface area contributed by atoms with Crippen LogP contribution in [0.25, 0.3) is 0 Å². The van der Waals surface area contributed by atoms with Crippen molar-refractivity contribution in [2.24, 2.45) is 11.8 Å². The molecule has 0 bridgehead atoms. The van der Waals surface area contributed by atoms with E-state index in [1.54, 1.807) is 9.80 Å². The maximum absolute atomic E-state index is 12.5. The molecule has 0 aromatic heterocycles. The summed E-state index contributed by atoms with van der Waals surface area (Å²) in [5, 5.41) is 0. The van der Waals surface area contributed by atoms with Gasteiger partial charge in [0.25, 0.3) is 0 Å². The van der Waals surface area contributed by atoms with Gasteiger partial charge >= 0.3 is 6.18 Å². The van der Waals surface area contributed by atoms with Crippen LogP contribution in [-0.2, 0) is 14.4 Å². The van der Waals surface area contributed by atoms with Gasteiger partial charge < -0.3 is 14.7 Å². The Kier molecular flexibility index (Phi) is 6.52. The molecule has 0 aliphatic carbocycles. The van der Waals surface area contributed by atoms with Crippen LogP contribution >= 0.6 is 0 Å². The number of hydrogen-bond acceptors (Lipinski definition) is 3. The van der Waals surface area contributed by atoms with Gasteiger partial charge in [-0.3, -0.25) is 14.4 Å². The Morgan fingerprint density at radius 1 is 1.12 bits per heavy atom. The van der Waals surface area contributed by atoms with Crippen LogP contribution in [0.5, 0.6) is 0 Å². The standard InChI is InChI=1S/C17H26F3N3O3/c1-12(2)3-4-14(24)21-5-7-22(8-6-21)16(26)13-9-15(25)23(10-13)11-17(18,19)20/h12-13H,3-11H2,1-2H3. The average Bonchev–Trinajstić information content (AvgIpc) is 2.91. The normalized spacial score (nSPS) is 21.7. The van der Waals surface area contributed by atoms with Crippen LogP contribution in [0, 0.1) is 11.8 Å². The van der Waals surface area contributed by atoms with E-state index >= 15 is 0 Å². The lowest BCUT2D eigenvalue weighted by Gasteiger charge is -2.36. The van der Waals surface area contributed by atoms with Crippen molar-refractivity contribution >= 4 is 17.7 Å². The first kappa shape index (κ1) is 20.5. The van der Waals surface area contributed by atoms with E-state index in [9.17, 15) is 27.6 Å². The fourth-order valence-corrected chi connectivity index (χ4v) is 3.31. The molecule has 0 aromatic rings. The summed E-state index contributed by atoms with van der Waals surface area (Å²) in [6.07, 6.45) is -3.34. The summed E-state index contributed by atoms with van der Waals surface area (Å²) in [6.45, 7) is 4.17. The van der Waals surface area contributed by atoms with E-state index in [4.69, 9.17) is 0 Å². The number of rotatable bonds is 5. The molecule has 0 aromatic carbocycles. The van der Waals surface area contributed by atoms with Gasteiger partial charge in [-0.1, -0.05) is 13.8 Å². The number of alkyl halides is 3. The Hall–Kier alpha value is -1.80. The largest absolute Gasteiger partial charge is 0.406 e. The van der Waals surface area contributed by atoms with Gasteiger partial charge in [-0.05, 0) is 12.3 Å². The predicted octanol–water partition coefficient (Wildman–Crippen LogP) is 1.50. The van der Waals surface area contributed by atoms with Gasteiger partial charge in [0.15, 0.2) is 0 Å². The van der Waals surface area contributed by atoms with Crippen molar-refractivity contribution in [3.8, 4) is 0 Å². The first-order valence-corrected chi connectivity index (χ1v) is 8.98. The molecule has 2 aliphatic heterocycles. The SMILES string of the molecule is CC(C)CCC(=O)N1CCN(C(=O)C2CC(=O)N(CC(F)(F)F)C2)CC1. The van der Waals surface area contributed by atoms with Crippen molar-refractivity contribution < 1.29 is 27.6 Å². The van der Waals surface area contributed by atoms with Crippen LogP contribution in [0.15, 0.2) is 0 Å². The number of halogens is 3. The summed E-state index contributed by atoms with van der Waals surface area (Å²) >= 11 is 0. The number of likely N-dealkylation sites (tertiary alicyclic amines) is 1. The highest BCUT2D eigenvalue weighted by Crippen LogP contribution is 2.25. The monoisotopic (exact) mass is 377 g/mol. The maximum atomic E-state index is 12.5. The highest BCUT2D eigenvalue weighted by atomic mass is 19.4. The third-order valence-corrected chi connectivity index (χ3v) is 4.81. The molecular weight excluding hydrogens is 351 g/mol. The topological polar surface area (TPSA) is 60.9 Å². The van der Waals surface area contributed by atoms with Crippen molar-refractivity contribution in [2.45, 2.75) is 39.3 Å². The molecule has 9 heteroatoms. The highest BCUT2D eigenvalue weighted by Gasteiger charge is 2.42. The molecule has 2 heterocycles. The molecule has 26 heavy (non-hydrogen) atoms. The zero-order chi connectivity index (χ0) is 19.5. The molecule has 2 rings (SSSR count). The fraction of sp³-hybridized carbons (Fsp3) is 0.824. The number of amides is 3. The van der Waals surface area contributed by atoms with Crippen LogP contribution in [-0.4, -0.2) is 77.9 Å². The number of hydrogen-bond donors (Lipinski definition) is 0. The molecule has 0 radical (unpaired) electrons. The average molecular weight is 377 g/mol. The van der Waals surface area contributed by atoms with E-state index in [0.29, 0.717) is 43.4 Å². The molecule has 6 nitrogen and oxygen atoms in total. The summed E-state index contributed by atoms with van der Waals surface area (Å²) in [7, 11) is 0. The molecule has 1 unspecified atom stereocenters. The molecule has 2 aliphatic rings. The molecular formula is C17H26F3N3O3. The Morgan fingerprint density at radius 3 is 2.23 bits per heavy atom. The second-order valence-corrected chi connectivity index (χ2v) is 7.43. The van der Waals surface area contributed by atoms with E-state index in [1.807, 2.05) is 0 Å². The minimum Gasteiger partial charge on any atom is -0.339 e. The van der Waals surface area contributed by atoms with Gasteiger partial charge in [0.05, 0.1) is 5.92 Å². The summed E-state index contributed by atoms with van der Waals surface area (Å²) in [4.78, 5) is 40.3. The molecule has 148 valence electrons. The molecule has 0 spiro atoms. The Bertz CT molecular complexity index is 543. The molecule has 1 atom stereocenters. The molecule has 3 amide bonds. The summed E-state index contributed by atoms with van der Waals surface area (Å²) in [5.41, 5.74) is 0. The molecule has 0 saturated carbocycles. The first-order chi connectivity index (χ1) is 12.1. The second kappa shape index (κ2) is 8.26. The Labute approximate surface area is 151 Å². The summed E-state index contributed by atoms with van der Waals surface area (Å²) in [6, 6.07) is 0. The van der Waals surface area contributed by atoms with E-state index in [1.165, 1.54) is 0 Å². The lowest BCUT2D eigenvalue weighted by atomic mass is 10.1. The van der Waals surface area contributed by atoms with Gasteiger partial charge in [-0.15, -0.1) is 0 Å². The Balaban J connectivity index is 1.81. The van der Waals surface area contributed by atoms with Gasteiger partial charge in [0, 0.05) is 45.6 Å². The third kappa shape index (κ3) is 5.60. The third-order valence-electron chi connectivity index (χ3n) is 4.81. The number of carbonyl (C=O) groups excluding carboxylic acids is 3. The van der Waals surface area contributed by atoms with Crippen LogP contribution in [0.2, 0.25) is 0 Å². The summed E-state index contributed by atoms with van der Waals surface area (Å²) in [5.74, 6) is -1.15. The zero-order valence-corrected chi connectivity index (χ0v) is 15.2. The lowest BCUT2D eigenvalue weighted by Crippen LogP contribution is -2.52. The van der Waals surface area contributed by atoms with Crippen molar-refractivity contribution in [3.05, 3.63) is 0 Å². The summed E-state index contributed by atoms with van der Waals surface area (Å²) < 4.78 is 37.4. The predicted molar refractivity (Wildman–Crippen MR) is 88.0 cm³/mol. The van der Waals surface area contributed by atoms with Crippen molar-refractivity contribution in [3.63, 3.8) is 0 Å². The highest BCUT2D eigenvalue weighted by molar-refractivity contribution is 5.89. The quantitative estimate of drug-likeness (QED) is 0.730. The van der Waals surface area contributed by atoms with Gasteiger partial charge in [0.2, 0.25) is 17.7 Å². The van der Waals surface area contributed by atoms with E-state index in [-0.39, 0.29) is 24.8 Å². The molecule has 2 saturated heterocycles. The lowest BCUT2D eigenvalue weighted by molar-refractivity contribution is -0.157. The van der Waals surface area contributed by atoms with Crippen LogP contribution in [0.4, 0.5) is 13.2 Å². The van der Waals surface area contributed by atoms with Gasteiger partial charge in [-0.25, -0.2) is 0 Å². The number of piperazine rings is 1. The second-order valence-electron chi connectivity index (χ2n) is 7.43. The Morgan fingerprint density at radius 2 is 1.69 bits per heavy atom. The number of nitrogens with zero attached hydrogens (tertiary/aromatic N) is 3. The molecule has 2 fully saturated rings. The smallest absolute Gasteiger partial charge is 0.339 e. The van der Waals surface area contributed by atoms with E-state index < -0.39 is 24.5 Å². The fourth-order valence-electron chi connectivity index (χ4n) is 3.31. The van der Waals surface area contributed by atoms with Gasteiger partial charge in [-0.2, -0.15) is 13.2 Å². The van der Waals surface area contributed by atoms with E-state index in [0.717, 1.165) is 6.42 Å². The van der Waals surface area contributed by atoms with Crippen LogP contribution < -0.4 is 0 Å². The van der Waals surface area contributed by atoms with E-state index in [2.05, 4.69) is 13.8 Å². The maximum Gasteiger partial charge on any atom is 0.406 e. The van der Waals surface area contributed by atoms with Gasteiger partial charge in [0.1, 0.15) is 6.54 Å². The number of carbonyl (C=O) groups is 3. The van der Waals surface area contributed by atoms with Crippen LogP contribution in [0.1, 0.15) is 33.1 Å². The zero-order valence-electron chi connectivity index (χ0n) is 15.2. The van der Waals surface area contributed by atoms with Crippen molar-refractivity contribution in [1.29, 1.82) is 0 Å². The minimum absolute atomic E-state index is 0.0678. The van der Waals surface area contributed by atoms with Crippen molar-refractivity contribution in [1.82, 2.24) is 14.7 Å².